The van der Waals surface area contributed by atoms with Crippen LogP contribution in [0.15, 0.2) is 41.8 Å². The summed E-state index contributed by atoms with van der Waals surface area (Å²) < 4.78 is 13.8. The van der Waals surface area contributed by atoms with Crippen LogP contribution in [0, 0.1) is 5.82 Å². The van der Waals surface area contributed by atoms with Crippen LogP contribution in [-0.4, -0.2) is 37.6 Å². The summed E-state index contributed by atoms with van der Waals surface area (Å²) in [6.45, 7) is 4.12. The third-order valence-corrected chi connectivity index (χ3v) is 5.02. The van der Waals surface area contributed by atoms with Crippen LogP contribution in [0.5, 0.6) is 0 Å². The van der Waals surface area contributed by atoms with Gasteiger partial charge in [-0.1, -0.05) is 18.2 Å². The number of anilines is 1. The lowest BCUT2D eigenvalue weighted by Gasteiger charge is -2.39. The molecule has 1 unspecified atom stereocenters. The molecule has 3 nitrogen and oxygen atoms in total. The Hall–Kier alpha value is -1.43. The number of thiophene rings is 1. The molecule has 0 aliphatic carbocycles. The normalized spacial score (nSPS) is 17.9. The van der Waals surface area contributed by atoms with Gasteiger partial charge in [0.15, 0.2) is 0 Å². The van der Waals surface area contributed by atoms with E-state index in [-0.39, 0.29) is 11.9 Å². The van der Waals surface area contributed by atoms with Crippen LogP contribution in [0.1, 0.15) is 10.9 Å². The molecule has 112 valence electrons. The van der Waals surface area contributed by atoms with Gasteiger partial charge in [0.25, 0.3) is 0 Å². The van der Waals surface area contributed by atoms with Crippen molar-refractivity contribution in [2.75, 3.05) is 37.6 Å². The SMILES string of the molecule is NCC(c1cccs1)N1CCN(c2ccccc2F)CC1. The van der Waals surface area contributed by atoms with Gasteiger partial charge < -0.3 is 10.6 Å². The van der Waals surface area contributed by atoms with E-state index >= 15 is 0 Å². The van der Waals surface area contributed by atoms with Crippen LogP contribution in [0.2, 0.25) is 0 Å². The molecule has 3 rings (SSSR count). The molecule has 2 N–H and O–H groups in total. The summed E-state index contributed by atoms with van der Waals surface area (Å²) in [6.07, 6.45) is 0. The number of hydrogen-bond donors (Lipinski definition) is 1. The molecular weight excluding hydrogens is 285 g/mol. The maximum absolute atomic E-state index is 13.8. The minimum atomic E-state index is -0.139. The fraction of sp³-hybridized carbons (Fsp3) is 0.375. The molecule has 2 aromatic rings. The molecule has 0 amide bonds. The molecule has 1 aliphatic rings. The number of halogens is 1. The number of nitrogens with two attached hydrogens (primary N) is 1. The van der Waals surface area contributed by atoms with E-state index in [2.05, 4.69) is 27.3 Å². The zero-order chi connectivity index (χ0) is 14.7. The van der Waals surface area contributed by atoms with E-state index in [1.807, 2.05) is 12.1 Å². The fourth-order valence-corrected chi connectivity index (χ4v) is 3.78. The Balaban J connectivity index is 1.66. The fourth-order valence-electron chi connectivity index (χ4n) is 2.91. The predicted octanol–water partition coefficient (Wildman–Crippen LogP) is 2.71. The molecule has 0 radical (unpaired) electrons. The van der Waals surface area contributed by atoms with Gasteiger partial charge in [-0.15, -0.1) is 11.3 Å². The summed E-state index contributed by atoms with van der Waals surface area (Å²) in [4.78, 5) is 5.84. The van der Waals surface area contributed by atoms with E-state index in [0.29, 0.717) is 12.2 Å². The number of para-hydroxylation sites is 1. The van der Waals surface area contributed by atoms with Crippen LogP contribution >= 0.6 is 11.3 Å². The minimum Gasteiger partial charge on any atom is -0.367 e. The van der Waals surface area contributed by atoms with E-state index in [1.54, 1.807) is 17.4 Å². The van der Waals surface area contributed by atoms with E-state index in [1.165, 1.54) is 10.9 Å². The maximum atomic E-state index is 13.8. The van der Waals surface area contributed by atoms with E-state index < -0.39 is 0 Å². The smallest absolute Gasteiger partial charge is 0.146 e. The summed E-state index contributed by atoms with van der Waals surface area (Å²) in [7, 11) is 0. The standard InChI is InChI=1S/C16H20FN3S/c17-13-4-1-2-5-14(13)19-7-9-20(10-8-19)15(12-18)16-6-3-11-21-16/h1-6,11,15H,7-10,12,18H2. The average molecular weight is 305 g/mol. The van der Waals surface area contributed by atoms with Crippen molar-refractivity contribution in [1.29, 1.82) is 0 Å². The molecule has 1 saturated heterocycles. The molecule has 5 heteroatoms. The molecule has 1 fully saturated rings. The summed E-state index contributed by atoms with van der Waals surface area (Å²) in [5.74, 6) is -0.139. The zero-order valence-electron chi connectivity index (χ0n) is 11.9. The van der Waals surface area contributed by atoms with Gasteiger partial charge in [0.2, 0.25) is 0 Å². The van der Waals surface area contributed by atoms with Gasteiger partial charge in [0.05, 0.1) is 11.7 Å². The molecule has 0 saturated carbocycles. The van der Waals surface area contributed by atoms with Crippen molar-refractivity contribution >= 4 is 17.0 Å². The van der Waals surface area contributed by atoms with Crippen molar-refractivity contribution in [3.05, 3.63) is 52.5 Å². The van der Waals surface area contributed by atoms with Crippen molar-refractivity contribution < 1.29 is 4.39 Å². The van der Waals surface area contributed by atoms with Gasteiger partial charge in [-0.25, -0.2) is 4.39 Å². The number of nitrogens with zero attached hydrogens (tertiary/aromatic N) is 2. The number of piperazine rings is 1. The number of hydrogen-bond acceptors (Lipinski definition) is 4. The first-order valence-corrected chi connectivity index (χ1v) is 8.14. The summed E-state index contributed by atoms with van der Waals surface area (Å²) >= 11 is 1.75. The first kappa shape index (κ1) is 14.5. The molecule has 0 spiro atoms. The van der Waals surface area contributed by atoms with E-state index in [0.717, 1.165) is 26.2 Å². The molecule has 2 heterocycles. The third-order valence-electron chi connectivity index (χ3n) is 4.04. The third kappa shape index (κ3) is 3.10. The van der Waals surface area contributed by atoms with Crippen molar-refractivity contribution in [3.63, 3.8) is 0 Å². The van der Waals surface area contributed by atoms with Gasteiger partial charge in [-0.3, -0.25) is 4.90 Å². The second kappa shape index (κ2) is 6.56. The molecule has 1 aromatic heterocycles. The molecule has 21 heavy (non-hydrogen) atoms. The predicted molar refractivity (Wildman–Crippen MR) is 86.3 cm³/mol. The van der Waals surface area contributed by atoms with Crippen LogP contribution in [0.25, 0.3) is 0 Å². The Morgan fingerprint density at radius 3 is 2.48 bits per heavy atom. The highest BCUT2D eigenvalue weighted by Gasteiger charge is 2.25. The van der Waals surface area contributed by atoms with Crippen LogP contribution in [0.3, 0.4) is 0 Å². The minimum absolute atomic E-state index is 0.139. The van der Waals surface area contributed by atoms with Crippen molar-refractivity contribution in [3.8, 4) is 0 Å². The lowest BCUT2D eigenvalue weighted by atomic mass is 10.1. The largest absolute Gasteiger partial charge is 0.367 e. The van der Waals surface area contributed by atoms with Gasteiger partial charge in [-0.2, -0.15) is 0 Å². The van der Waals surface area contributed by atoms with Crippen molar-refractivity contribution in [2.24, 2.45) is 5.73 Å². The Morgan fingerprint density at radius 1 is 1.10 bits per heavy atom. The lowest BCUT2D eigenvalue weighted by Crippen LogP contribution is -2.49. The maximum Gasteiger partial charge on any atom is 0.146 e. The highest BCUT2D eigenvalue weighted by molar-refractivity contribution is 7.10. The summed E-state index contributed by atoms with van der Waals surface area (Å²) in [5, 5.41) is 2.09. The summed E-state index contributed by atoms with van der Waals surface area (Å²) in [5.41, 5.74) is 6.66. The summed E-state index contributed by atoms with van der Waals surface area (Å²) in [6, 6.07) is 11.5. The van der Waals surface area contributed by atoms with Gasteiger partial charge in [0.1, 0.15) is 5.82 Å². The molecule has 0 bridgehead atoms. The molecule has 1 atom stereocenters. The number of benzene rings is 1. The second-order valence-electron chi connectivity index (χ2n) is 5.24. The molecule has 1 aromatic carbocycles. The lowest BCUT2D eigenvalue weighted by molar-refractivity contribution is 0.192. The monoisotopic (exact) mass is 305 g/mol. The first-order chi connectivity index (χ1) is 10.3. The Labute approximate surface area is 128 Å². The zero-order valence-corrected chi connectivity index (χ0v) is 12.7. The highest BCUT2D eigenvalue weighted by atomic mass is 32.1. The van der Waals surface area contributed by atoms with Gasteiger partial charge in [0, 0.05) is 37.6 Å². The highest BCUT2D eigenvalue weighted by Crippen LogP contribution is 2.27. The average Bonchev–Trinajstić information content (AvgIpc) is 3.04. The Bertz CT molecular complexity index is 565. The van der Waals surface area contributed by atoms with Crippen LogP contribution in [0.4, 0.5) is 10.1 Å². The van der Waals surface area contributed by atoms with Crippen molar-refractivity contribution in [1.82, 2.24) is 4.90 Å². The Morgan fingerprint density at radius 2 is 1.86 bits per heavy atom. The molecule has 1 aliphatic heterocycles. The van der Waals surface area contributed by atoms with Gasteiger partial charge >= 0.3 is 0 Å². The van der Waals surface area contributed by atoms with Crippen molar-refractivity contribution in [2.45, 2.75) is 6.04 Å². The second-order valence-corrected chi connectivity index (χ2v) is 6.22. The Kier molecular flexibility index (Phi) is 4.53. The van der Waals surface area contributed by atoms with E-state index in [4.69, 9.17) is 5.73 Å². The van der Waals surface area contributed by atoms with Gasteiger partial charge in [-0.05, 0) is 23.6 Å². The van der Waals surface area contributed by atoms with Crippen LogP contribution < -0.4 is 10.6 Å². The topological polar surface area (TPSA) is 32.5 Å². The number of rotatable bonds is 4. The van der Waals surface area contributed by atoms with Crippen LogP contribution in [-0.2, 0) is 0 Å². The first-order valence-electron chi connectivity index (χ1n) is 7.26. The van der Waals surface area contributed by atoms with E-state index in [9.17, 15) is 4.39 Å². The molecular formula is C16H20FN3S. The quantitative estimate of drug-likeness (QED) is 0.942.